The normalized spacial score (nSPS) is 11.4. The van der Waals surface area contributed by atoms with E-state index in [1.54, 1.807) is 6.08 Å². The van der Waals surface area contributed by atoms with Crippen LogP contribution in [0.4, 0.5) is 0 Å². The lowest BCUT2D eigenvalue weighted by atomic mass is 10.0. The molecule has 0 bridgehead atoms. The molecule has 0 heterocycles. The van der Waals surface area contributed by atoms with Gasteiger partial charge in [-0.05, 0) is 31.8 Å². The van der Waals surface area contributed by atoms with Crippen molar-refractivity contribution in [3.8, 4) is 0 Å². The van der Waals surface area contributed by atoms with Gasteiger partial charge in [-0.3, -0.25) is 4.79 Å². The molecule has 0 unspecified atom stereocenters. The molecule has 0 aliphatic heterocycles. The monoisotopic (exact) mass is 340 g/mol. The highest BCUT2D eigenvalue weighted by Crippen LogP contribution is 2.11. The number of aliphatic hydroxyl groups is 1. The Kier molecular flexibility index (Phi) is 19.8. The number of unbranched alkanes of at least 4 members (excludes halogenated alkanes) is 10. The molecule has 0 aliphatic carbocycles. The summed E-state index contributed by atoms with van der Waals surface area (Å²) in [6.07, 6.45) is 20.0. The van der Waals surface area contributed by atoms with Crippen molar-refractivity contribution >= 4 is 5.78 Å². The predicted octanol–water partition coefficient (Wildman–Crippen LogP) is 5.60. The van der Waals surface area contributed by atoms with Gasteiger partial charge in [-0.1, -0.05) is 70.8 Å². The number of ketones is 1. The molecule has 1 N–H and O–H groups in total. The molecule has 0 aromatic rings. The third-order valence-electron chi connectivity index (χ3n) is 4.19. The minimum atomic E-state index is 0.188. The van der Waals surface area contributed by atoms with Gasteiger partial charge in [-0.2, -0.15) is 0 Å². The summed E-state index contributed by atoms with van der Waals surface area (Å²) in [4.78, 5) is 11.7. The molecule has 0 aromatic carbocycles. The van der Waals surface area contributed by atoms with Crippen LogP contribution in [0.25, 0.3) is 0 Å². The lowest BCUT2D eigenvalue weighted by Gasteiger charge is -2.02. The quantitative estimate of drug-likeness (QED) is 0.246. The third kappa shape index (κ3) is 19.4. The highest BCUT2D eigenvalue weighted by atomic mass is 16.5. The van der Waals surface area contributed by atoms with Gasteiger partial charge in [-0.15, -0.1) is 0 Å². The Morgan fingerprint density at radius 3 is 2.04 bits per heavy atom. The third-order valence-corrected chi connectivity index (χ3v) is 4.19. The van der Waals surface area contributed by atoms with Crippen LogP contribution in [0.2, 0.25) is 0 Å². The van der Waals surface area contributed by atoms with Gasteiger partial charge in [0.15, 0.2) is 5.78 Å². The molecule has 3 heteroatoms. The highest BCUT2D eigenvalue weighted by molar-refractivity contribution is 5.89. The molecule has 0 amide bonds. The van der Waals surface area contributed by atoms with Gasteiger partial charge >= 0.3 is 0 Å². The van der Waals surface area contributed by atoms with Crippen molar-refractivity contribution in [2.45, 2.75) is 96.8 Å². The van der Waals surface area contributed by atoms with Crippen LogP contribution in [0, 0.1) is 0 Å². The Morgan fingerprint density at radius 2 is 1.42 bits per heavy atom. The highest BCUT2D eigenvalue weighted by Gasteiger charge is 1.97. The van der Waals surface area contributed by atoms with E-state index in [9.17, 15) is 4.79 Å². The largest absolute Gasteiger partial charge is 0.396 e. The Labute approximate surface area is 149 Å². The lowest BCUT2D eigenvalue weighted by Crippen LogP contribution is -1.98. The topological polar surface area (TPSA) is 46.5 Å². The summed E-state index contributed by atoms with van der Waals surface area (Å²) in [6, 6.07) is 0. The van der Waals surface area contributed by atoms with E-state index < -0.39 is 0 Å². The van der Waals surface area contributed by atoms with Crippen molar-refractivity contribution in [3.05, 3.63) is 12.2 Å². The van der Waals surface area contributed by atoms with Crippen LogP contribution >= 0.6 is 0 Å². The average molecular weight is 341 g/mol. The smallest absolute Gasteiger partial charge is 0.155 e. The molecule has 3 nitrogen and oxygen atoms in total. The molecule has 0 fully saturated rings. The fraction of sp³-hybridized carbons (Fsp3) is 0.857. The summed E-state index contributed by atoms with van der Waals surface area (Å²) in [7, 11) is 0. The first kappa shape index (κ1) is 23.3. The molecular formula is C21H40O3. The second-order valence-corrected chi connectivity index (χ2v) is 6.63. The number of hydrogen-bond acceptors (Lipinski definition) is 3. The summed E-state index contributed by atoms with van der Waals surface area (Å²) >= 11 is 0. The fourth-order valence-electron chi connectivity index (χ4n) is 2.66. The molecule has 24 heavy (non-hydrogen) atoms. The van der Waals surface area contributed by atoms with Crippen LogP contribution in [0.5, 0.6) is 0 Å². The first-order chi connectivity index (χ1) is 11.8. The molecule has 0 saturated heterocycles. The Bertz CT molecular complexity index is 287. The SMILES string of the molecule is CCCCCCCCCCCCC(=O)/C=C/CCCOCCCO. The van der Waals surface area contributed by atoms with Gasteiger partial charge in [0.25, 0.3) is 0 Å². The number of allylic oxidation sites excluding steroid dienone is 2. The lowest BCUT2D eigenvalue weighted by molar-refractivity contribution is -0.114. The van der Waals surface area contributed by atoms with Gasteiger partial charge in [0.2, 0.25) is 0 Å². The van der Waals surface area contributed by atoms with Crippen molar-refractivity contribution in [1.82, 2.24) is 0 Å². The molecule has 0 radical (unpaired) electrons. The molecule has 0 atom stereocenters. The second kappa shape index (κ2) is 20.4. The Balaban J connectivity index is 3.24. The number of carbonyl (C=O) groups is 1. The zero-order valence-corrected chi connectivity index (χ0v) is 15.9. The minimum absolute atomic E-state index is 0.188. The van der Waals surface area contributed by atoms with E-state index in [0.717, 1.165) is 19.3 Å². The van der Waals surface area contributed by atoms with E-state index in [1.807, 2.05) is 6.08 Å². The van der Waals surface area contributed by atoms with Crippen molar-refractivity contribution < 1.29 is 14.6 Å². The molecule has 142 valence electrons. The zero-order valence-electron chi connectivity index (χ0n) is 15.9. The van der Waals surface area contributed by atoms with Gasteiger partial charge in [-0.25, -0.2) is 0 Å². The molecule has 0 aromatic heterocycles. The Morgan fingerprint density at radius 1 is 0.833 bits per heavy atom. The molecule has 0 rings (SSSR count). The van der Waals surface area contributed by atoms with E-state index >= 15 is 0 Å². The number of aliphatic hydroxyl groups excluding tert-OH is 1. The van der Waals surface area contributed by atoms with Crippen LogP contribution in [0.1, 0.15) is 96.8 Å². The van der Waals surface area contributed by atoms with E-state index in [1.165, 1.54) is 57.8 Å². The van der Waals surface area contributed by atoms with Crippen molar-refractivity contribution in [3.63, 3.8) is 0 Å². The fourth-order valence-corrected chi connectivity index (χ4v) is 2.66. The predicted molar refractivity (Wildman–Crippen MR) is 102 cm³/mol. The average Bonchev–Trinajstić information content (AvgIpc) is 2.59. The number of rotatable bonds is 19. The molecular weight excluding hydrogens is 300 g/mol. The standard InChI is InChI=1S/C21H40O3/c1-2-3-4-5-6-7-8-9-10-12-16-21(23)17-13-11-14-19-24-20-15-18-22/h13,17,22H,2-12,14-16,18-20H2,1H3/b17-13+. The summed E-state index contributed by atoms with van der Waals surface area (Å²) in [5.74, 6) is 0.260. The summed E-state index contributed by atoms with van der Waals surface area (Å²) in [5, 5.41) is 8.61. The summed E-state index contributed by atoms with van der Waals surface area (Å²) in [5.41, 5.74) is 0. The Hall–Kier alpha value is -0.670. The van der Waals surface area contributed by atoms with Crippen molar-refractivity contribution in [2.24, 2.45) is 0 Å². The molecule has 0 aliphatic rings. The first-order valence-electron chi connectivity index (χ1n) is 10.2. The molecule has 0 saturated carbocycles. The van der Waals surface area contributed by atoms with Crippen LogP contribution in [0.15, 0.2) is 12.2 Å². The zero-order chi connectivity index (χ0) is 17.7. The number of ether oxygens (including phenoxy) is 1. The maximum atomic E-state index is 11.7. The van der Waals surface area contributed by atoms with Crippen molar-refractivity contribution in [2.75, 3.05) is 19.8 Å². The van der Waals surface area contributed by atoms with Crippen LogP contribution < -0.4 is 0 Å². The van der Waals surface area contributed by atoms with Crippen LogP contribution in [-0.4, -0.2) is 30.7 Å². The van der Waals surface area contributed by atoms with E-state index in [2.05, 4.69) is 6.92 Å². The van der Waals surface area contributed by atoms with Gasteiger partial charge in [0, 0.05) is 26.2 Å². The number of hydrogen-bond donors (Lipinski definition) is 1. The first-order valence-corrected chi connectivity index (χ1v) is 10.2. The van der Waals surface area contributed by atoms with Gasteiger partial charge in [0.1, 0.15) is 0 Å². The minimum Gasteiger partial charge on any atom is -0.396 e. The second-order valence-electron chi connectivity index (χ2n) is 6.63. The molecule has 0 spiro atoms. The van der Waals surface area contributed by atoms with Crippen LogP contribution in [-0.2, 0) is 9.53 Å². The summed E-state index contributed by atoms with van der Waals surface area (Å²) < 4.78 is 5.34. The maximum Gasteiger partial charge on any atom is 0.155 e. The van der Waals surface area contributed by atoms with Gasteiger partial charge in [0.05, 0.1) is 0 Å². The van der Waals surface area contributed by atoms with E-state index in [-0.39, 0.29) is 12.4 Å². The maximum absolute atomic E-state index is 11.7. The van der Waals surface area contributed by atoms with Crippen molar-refractivity contribution in [1.29, 1.82) is 0 Å². The van der Waals surface area contributed by atoms with Crippen LogP contribution in [0.3, 0.4) is 0 Å². The van der Waals surface area contributed by atoms with E-state index in [0.29, 0.717) is 26.1 Å². The summed E-state index contributed by atoms with van der Waals surface area (Å²) in [6.45, 7) is 3.77. The number of carbonyl (C=O) groups excluding carboxylic acids is 1. The van der Waals surface area contributed by atoms with E-state index in [4.69, 9.17) is 9.84 Å². The van der Waals surface area contributed by atoms with Gasteiger partial charge < -0.3 is 9.84 Å².